The first-order valence-electron chi connectivity index (χ1n) is 15.9. The van der Waals surface area contributed by atoms with E-state index in [1.54, 1.807) is 24.3 Å². The van der Waals surface area contributed by atoms with Crippen molar-refractivity contribution in [3.63, 3.8) is 0 Å². The summed E-state index contributed by atoms with van der Waals surface area (Å²) in [6, 6.07) is 11.4. The van der Waals surface area contributed by atoms with Gasteiger partial charge in [-0.05, 0) is 48.7 Å². The van der Waals surface area contributed by atoms with Crippen molar-refractivity contribution >= 4 is 23.5 Å². The van der Waals surface area contributed by atoms with Gasteiger partial charge in [-0.15, -0.1) is 0 Å². The second kappa shape index (κ2) is 21.2. The van der Waals surface area contributed by atoms with Gasteiger partial charge in [0.1, 0.15) is 11.5 Å². The Morgan fingerprint density at radius 3 is 1.78 bits per heavy atom. The molecule has 0 aromatic heterocycles. The van der Waals surface area contributed by atoms with Crippen LogP contribution in [0.2, 0.25) is 5.02 Å². The molecule has 1 atom stereocenters. The fourth-order valence-corrected chi connectivity index (χ4v) is 4.73. The van der Waals surface area contributed by atoms with E-state index in [2.05, 4.69) is 6.92 Å². The van der Waals surface area contributed by atoms with Crippen LogP contribution in [-0.2, 0) is 4.74 Å². The third kappa shape index (κ3) is 14.8. The second-order valence-corrected chi connectivity index (χ2v) is 11.5. The molecule has 41 heavy (non-hydrogen) atoms. The van der Waals surface area contributed by atoms with E-state index in [0.29, 0.717) is 18.8 Å². The second-order valence-electron chi connectivity index (χ2n) is 11.1. The van der Waals surface area contributed by atoms with E-state index < -0.39 is 11.9 Å². The average molecular weight is 587 g/mol. The predicted octanol–water partition coefficient (Wildman–Crippen LogP) is 10.6. The van der Waals surface area contributed by atoms with Gasteiger partial charge in [-0.1, -0.05) is 122 Å². The Morgan fingerprint density at radius 1 is 0.707 bits per heavy atom. The summed E-state index contributed by atoms with van der Waals surface area (Å²) in [5, 5.41) is 0.177. The van der Waals surface area contributed by atoms with Crippen LogP contribution in [0.5, 0.6) is 11.5 Å². The summed E-state index contributed by atoms with van der Waals surface area (Å²) in [6.45, 7) is 7.33. The number of esters is 2. The zero-order valence-corrected chi connectivity index (χ0v) is 26.3. The van der Waals surface area contributed by atoms with Crippen LogP contribution in [0, 0.1) is 5.92 Å². The van der Waals surface area contributed by atoms with Crippen LogP contribution in [-0.4, -0.2) is 25.2 Å². The number of unbranched alkanes of at least 4 members (excludes halogenated alkanes) is 13. The molecule has 2 aromatic carbocycles. The van der Waals surface area contributed by atoms with Crippen molar-refractivity contribution < 1.29 is 23.8 Å². The van der Waals surface area contributed by atoms with Gasteiger partial charge in [0.15, 0.2) is 0 Å². The SMILES string of the molecule is CCCCCCCCCCCCCCCCOc1ccc(C(=O)Oc2ccc(C(=O)OC[C@@H](C)CC)c(Cl)c2)cc1. The molecule has 0 saturated heterocycles. The Labute approximate surface area is 253 Å². The first kappa shape index (κ1) is 34.7. The van der Waals surface area contributed by atoms with E-state index in [9.17, 15) is 9.59 Å². The van der Waals surface area contributed by atoms with Gasteiger partial charge in [-0.25, -0.2) is 9.59 Å². The number of carbonyl (C=O) groups excluding carboxylic acids is 2. The van der Waals surface area contributed by atoms with Crippen molar-refractivity contribution in [1.29, 1.82) is 0 Å². The molecule has 0 spiro atoms. The lowest BCUT2D eigenvalue weighted by Gasteiger charge is -2.11. The fraction of sp³-hybridized carbons (Fsp3) is 0.600. The molecule has 0 unspecified atom stereocenters. The number of rotatable bonds is 22. The van der Waals surface area contributed by atoms with Crippen molar-refractivity contribution in [2.75, 3.05) is 13.2 Å². The number of hydrogen-bond acceptors (Lipinski definition) is 5. The van der Waals surface area contributed by atoms with Crippen molar-refractivity contribution in [2.24, 2.45) is 5.92 Å². The Bertz CT molecular complexity index is 1000. The van der Waals surface area contributed by atoms with Crippen LogP contribution in [0.1, 0.15) is 138 Å². The van der Waals surface area contributed by atoms with E-state index in [-0.39, 0.29) is 22.3 Å². The van der Waals surface area contributed by atoms with Crippen LogP contribution in [0.15, 0.2) is 42.5 Å². The molecule has 0 fully saturated rings. The summed E-state index contributed by atoms with van der Waals surface area (Å²) in [5.41, 5.74) is 0.650. The average Bonchev–Trinajstić information content (AvgIpc) is 2.98. The standard InChI is InChI=1S/C35H51ClO5/c1-4-6-7-8-9-10-11-12-13-14-15-16-17-18-25-39-30-21-19-29(20-22-30)34(37)41-31-23-24-32(33(36)26-31)35(38)40-27-28(3)5-2/h19-24,26,28H,4-18,25,27H2,1-3H3/t28-/m0/s1. The van der Waals surface area contributed by atoms with Gasteiger partial charge in [-0.2, -0.15) is 0 Å². The quantitative estimate of drug-likeness (QED) is 0.0780. The van der Waals surface area contributed by atoms with Crippen molar-refractivity contribution in [3.05, 3.63) is 58.6 Å². The maximum Gasteiger partial charge on any atom is 0.343 e. The summed E-state index contributed by atoms with van der Waals surface area (Å²) < 4.78 is 16.6. The maximum atomic E-state index is 12.6. The molecule has 2 rings (SSSR count). The number of halogens is 1. The Hall–Kier alpha value is -2.53. The lowest BCUT2D eigenvalue weighted by molar-refractivity contribution is 0.0447. The molecule has 0 amide bonds. The lowest BCUT2D eigenvalue weighted by Crippen LogP contribution is -2.12. The molecule has 0 heterocycles. The van der Waals surface area contributed by atoms with Crippen LogP contribution < -0.4 is 9.47 Å². The molecule has 0 bridgehead atoms. The van der Waals surface area contributed by atoms with Crippen molar-refractivity contribution in [1.82, 2.24) is 0 Å². The molecule has 0 aliphatic rings. The number of hydrogen-bond donors (Lipinski definition) is 0. The summed E-state index contributed by atoms with van der Waals surface area (Å²) in [4.78, 5) is 24.8. The highest BCUT2D eigenvalue weighted by Gasteiger charge is 2.16. The largest absolute Gasteiger partial charge is 0.494 e. The topological polar surface area (TPSA) is 61.8 Å². The van der Waals surface area contributed by atoms with Crippen LogP contribution in [0.4, 0.5) is 0 Å². The molecule has 2 aromatic rings. The normalized spacial score (nSPS) is 11.7. The zero-order chi connectivity index (χ0) is 29.7. The molecule has 5 nitrogen and oxygen atoms in total. The first-order chi connectivity index (χ1) is 19.9. The smallest absolute Gasteiger partial charge is 0.343 e. The van der Waals surface area contributed by atoms with Gasteiger partial charge >= 0.3 is 11.9 Å². The molecule has 0 N–H and O–H groups in total. The third-order valence-electron chi connectivity index (χ3n) is 7.42. The monoisotopic (exact) mass is 586 g/mol. The Kier molecular flexibility index (Phi) is 17.9. The van der Waals surface area contributed by atoms with E-state index in [1.807, 2.05) is 13.8 Å². The summed E-state index contributed by atoms with van der Waals surface area (Å²) in [6.07, 6.45) is 19.6. The van der Waals surface area contributed by atoms with Crippen LogP contribution in [0.3, 0.4) is 0 Å². The third-order valence-corrected chi connectivity index (χ3v) is 7.74. The summed E-state index contributed by atoms with van der Waals surface area (Å²) >= 11 is 6.25. The van der Waals surface area contributed by atoms with E-state index in [0.717, 1.165) is 18.6 Å². The highest BCUT2D eigenvalue weighted by molar-refractivity contribution is 6.33. The summed E-state index contributed by atoms with van der Waals surface area (Å²) in [5.74, 6) is 0.277. The van der Waals surface area contributed by atoms with E-state index >= 15 is 0 Å². The molecule has 0 aliphatic heterocycles. The van der Waals surface area contributed by atoms with Gasteiger partial charge in [-0.3, -0.25) is 0 Å². The Morgan fingerprint density at radius 2 is 1.24 bits per heavy atom. The summed E-state index contributed by atoms with van der Waals surface area (Å²) in [7, 11) is 0. The fourth-order valence-electron chi connectivity index (χ4n) is 4.48. The van der Waals surface area contributed by atoms with Crippen LogP contribution in [0.25, 0.3) is 0 Å². The number of carbonyl (C=O) groups is 2. The van der Waals surface area contributed by atoms with Crippen LogP contribution >= 0.6 is 11.6 Å². The lowest BCUT2D eigenvalue weighted by atomic mass is 10.0. The minimum Gasteiger partial charge on any atom is -0.494 e. The zero-order valence-electron chi connectivity index (χ0n) is 25.6. The highest BCUT2D eigenvalue weighted by Crippen LogP contribution is 2.25. The van der Waals surface area contributed by atoms with Gasteiger partial charge in [0.25, 0.3) is 0 Å². The highest BCUT2D eigenvalue weighted by atomic mass is 35.5. The van der Waals surface area contributed by atoms with Gasteiger partial charge in [0, 0.05) is 6.07 Å². The maximum absolute atomic E-state index is 12.6. The Balaban J connectivity index is 1.58. The van der Waals surface area contributed by atoms with E-state index in [4.69, 9.17) is 25.8 Å². The number of benzene rings is 2. The molecular weight excluding hydrogens is 536 g/mol. The molecule has 6 heteroatoms. The van der Waals surface area contributed by atoms with Crippen molar-refractivity contribution in [3.8, 4) is 11.5 Å². The number of ether oxygens (including phenoxy) is 3. The van der Waals surface area contributed by atoms with E-state index in [1.165, 1.54) is 102 Å². The molecule has 228 valence electrons. The van der Waals surface area contributed by atoms with Gasteiger partial charge in [0.2, 0.25) is 0 Å². The molecule has 0 aliphatic carbocycles. The minimum atomic E-state index is -0.508. The molecule has 0 saturated carbocycles. The molecular formula is C35H51ClO5. The van der Waals surface area contributed by atoms with Gasteiger partial charge in [0.05, 0.1) is 29.4 Å². The minimum absolute atomic E-state index is 0.177. The predicted molar refractivity (Wildman–Crippen MR) is 168 cm³/mol. The molecule has 0 radical (unpaired) electrons. The van der Waals surface area contributed by atoms with Crippen molar-refractivity contribution in [2.45, 2.75) is 117 Å². The van der Waals surface area contributed by atoms with Gasteiger partial charge < -0.3 is 14.2 Å². The first-order valence-corrected chi connectivity index (χ1v) is 16.2.